The predicted octanol–water partition coefficient (Wildman–Crippen LogP) is 8.20. The minimum atomic E-state index is -5.29. The molecule has 2 atom stereocenters. The molecule has 0 fully saturated rings. The summed E-state index contributed by atoms with van der Waals surface area (Å²) in [6, 6.07) is 4.07. The van der Waals surface area contributed by atoms with Crippen LogP contribution in [0.5, 0.6) is 0 Å². The zero-order valence-electron chi connectivity index (χ0n) is 20.0. The smallest absolute Gasteiger partial charge is 0.336 e. The van der Waals surface area contributed by atoms with Crippen molar-refractivity contribution in [1.29, 1.82) is 0 Å². The summed E-state index contributed by atoms with van der Waals surface area (Å²) in [7, 11) is 0. The van der Waals surface area contributed by atoms with Crippen LogP contribution in [0.25, 0.3) is 5.83 Å². The van der Waals surface area contributed by atoms with Gasteiger partial charge in [0, 0.05) is 22.0 Å². The van der Waals surface area contributed by atoms with Gasteiger partial charge in [-0.3, -0.25) is 9.59 Å². The van der Waals surface area contributed by atoms with Crippen LogP contribution in [-0.4, -0.2) is 30.3 Å². The molecule has 0 bridgehead atoms. The first-order valence-electron chi connectivity index (χ1n) is 11.0. The second-order valence-corrected chi connectivity index (χ2v) is 9.25. The maximum Gasteiger partial charge on any atom is 0.417 e. The fourth-order valence-electron chi connectivity index (χ4n) is 3.38. The van der Waals surface area contributed by atoms with Crippen LogP contribution in [-0.2, 0) is 11.0 Å². The Bertz CT molecular complexity index is 1250. The van der Waals surface area contributed by atoms with E-state index >= 15 is 0 Å². The molecule has 2 rings (SSSR count). The minimum Gasteiger partial charge on any atom is -0.336 e. The van der Waals surface area contributed by atoms with Crippen LogP contribution in [0, 0.1) is 0 Å². The van der Waals surface area contributed by atoms with Gasteiger partial charge in [-0.15, -0.1) is 0 Å². The molecule has 220 valence electrons. The third-order valence-electron chi connectivity index (χ3n) is 5.12. The molecule has 2 amide bonds. The Labute approximate surface area is 230 Å². The van der Waals surface area contributed by atoms with Crippen LogP contribution in [0.2, 0.25) is 10.0 Å². The molecule has 0 aliphatic carbocycles. The van der Waals surface area contributed by atoms with Gasteiger partial charge in [0.25, 0.3) is 5.91 Å². The number of carbonyl (C=O) groups is 2. The first-order valence-corrected chi connectivity index (χ1v) is 11.7. The maximum absolute atomic E-state index is 14.9. The number of carbonyl (C=O) groups excluding carboxylic acids is 2. The molecular weight excluding hydrogens is 609 g/mol. The summed E-state index contributed by atoms with van der Waals surface area (Å²) < 4.78 is 134. The minimum absolute atomic E-state index is 0.0236. The fraction of sp³-hybridized carbons (Fsp3) is 0.333. The standard InChI is InChI=1S/C24H18Cl2F10N2O2/c1-11(37-20(39)4-5-22(28,29)30)38-21(40)16-3-2-12(8-18(16)24(34,35)36)19(27)10-17(23(31,32)33)13-6-14(25)9-15(26)7-13/h2-3,6-11,17H,4-5H2,1H3,(H,37,39)(H,38,40)/b19-10-. The molecule has 0 aliphatic rings. The van der Waals surface area contributed by atoms with Gasteiger partial charge in [-0.05, 0) is 48.9 Å². The van der Waals surface area contributed by atoms with Gasteiger partial charge >= 0.3 is 18.5 Å². The van der Waals surface area contributed by atoms with Gasteiger partial charge in [-0.1, -0.05) is 29.3 Å². The summed E-state index contributed by atoms with van der Waals surface area (Å²) in [5, 5.41) is 3.48. The van der Waals surface area contributed by atoms with Crippen LogP contribution in [0.4, 0.5) is 43.9 Å². The van der Waals surface area contributed by atoms with E-state index in [-0.39, 0.29) is 22.2 Å². The molecule has 40 heavy (non-hydrogen) atoms. The summed E-state index contributed by atoms with van der Waals surface area (Å²) >= 11 is 11.4. The Hall–Kier alpha value is -3.00. The second kappa shape index (κ2) is 12.7. The summed E-state index contributed by atoms with van der Waals surface area (Å²) in [5.41, 5.74) is -4.34. The number of nitrogens with one attached hydrogen (secondary N) is 2. The molecule has 0 saturated carbocycles. The highest BCUT2D eigenvalue weighted by atomic mass is 35.5. The second-order valence-electron chi connectivity index (χ2n) is 8.37. The topological polar surface area (TPSA) is 58.2 Å². The van der Waals surface area contributed by atoms with E-state index in [1.54, 1.807) is 0 Å². The Morgan fingerprint density at radius 1 is 0.900 bits per heavy atom. The quantitative estimate of drug-likeness (QED) is 0.229. The number of hydrogen-bond donors (Lipinski definition) is 2. The average molecular weight is 627 g/mol. The highest BCUT2D eigenvalue weighted by molar-refractivity contribution is 6.34. The molecule has 0 aromatic heterocycles. The normalized spacial score (nSPS) is 14.5. The van der Waals surface area contributed by atoms with Gasteiger partial charge in [-0.2, -0.15) is 39.5 Å². The number of alkyl halides is 9. The van der Waals surface area contributed by atoms with Gasteiger partial charge in [0.15, 0.2) is 0 Å². The SMILES string of the molecule is CC(NC(=O)CCC(F)(F)F)NC(=O)c1ccc(/C(F)=C/C(c2cc(Cl)cc(Cl)c2)C(F)(F)F)cc1C(F)(F)F. The van der Waals surface area contributed by atoms with Crippen molar-refractivity contribution in [2.45, 2.75) is 50.4 Å². The van der Waals surface area contributed by atoms with Crippen molar-refractivity contribution in [1.82, 2.24) is 10.6 Å². The van der Waals surface area contributed by atoms with Crippen molar-refractivity contribution in [3.8, 4) is 0 Å². The van der Waals surface area contributed by atoms with Crippen molar-refractivity contribution >= 4 is 40.8 Å². The number of benzene rings is 2. The van der Waals surface area contributed by atoms with Crippen LogP contribution in [0.1, 0.15) is 52.7 Å². The van der Waals surface area contributed by atoms with E-state index in [0.717, 1.165) is 25.1 Å². The van der Waals surface area contributed by atoms with Crippen LogP contribution < -0.4 is 10.6 Å². The molecule has 0 radical (unpaired) electrons. The summed E-state index contributed by atoms with van der Waals surface area (Å²) in [5.74, 6) is -6.96. The molecule has 0 heterocycles. The van der Waals surface area contributed by atoms with Crippen LogP contribution in [0.3, 0.4) is 0 Å². The fourth-order valence-corrected chi connectivity index (χ4v) is 3.92. The molecule has 0 aliphatic heterocycles. The lowest BCUT2D eigenvalue weighted by Gasteiger charge is -2.20. The number of rotatable bonds is 8. The molecule has 4 nitrogen and oxygen atoms in total. The molecule has 2 N–H and O–H groups in total. The summed E-state index contributed by atoms with van der Waals surface area (Å²) in [4.78, 5) is 24.0. The van der Waals surface area contributed by atoms with Gasteiger partial charge < -0.3 is 10.6 Å². The van der Waals surface area contributed by atoms with E-state index in [0.29, 0.717) is 12.1 Å². The number of hydrogen-bond acceptors (Lipinski definition) is 2. The van der Waals surface area contributed by atoms with E-state index in [9.17, 15) is 53.5 Å². The zero-order chi connectivity index (χ0) is 30.6. The lowest BCUT2D eigenvalue weighted by molar-refractivity contribution is -0.144. The first-order chi connectivity index (χ1) is 18.2. The van der Waals surface area contributed by atoms with E-state index in [4.69, 9.17) is 23.2 Å². The number of halogens is 12. The zero-order valence-corrected chi connectivity index (χ0v) is 21.5. The van der Waals surface area contributed by atoms with E-state index in [2.05, 4.69) is 0 Å². The molecule has 2 aromatic carbocycles. The van der Waals surface area contributed by atoms with Crippen LogP contribution in [0.15, 0.2) is 42.5 Å². The largest absolute Gasteiger partial charge is 0.417 e. The third-order valence-corrected chi connectivity index (χ3v) is 5.55. The lowest BCUT2D eigenvalue weighted by Crippen LogP contribution is -2.46. The molecule has 0 spiro atoms. The Morgan fingerprint density at radius 2 is 1.48 bits per heavy atom. The Balaban J connectivity index is 2.36. The van der Waals surface area contributed by atoms with Gasteiger partial charge in [0.05, 0.1) is 23.7 Å². The van der Waals surface area contributed by atoms with Crippen molar-refractivity contribution in [2.75, 3.05) is 0 Å². The Kier molecular flexibility index (Phi) is 10.5. The van der Waals surface area contributed by atoms with Crippen molar-refractivity contribution in [3.63, 3.8) is 0 Å². The van der Waals surface area contributed by atoms with Gasteiger partial charge in [0.2, 0.25) is 5.91 Å². The third kappa shape index (κ3) is 9.88. The van der Waals surface area contributed by atoms with Gasteiger partial charge in [-0.25, -0.2) is 4.39 Å². The molecule has 16 heteroatoms. The monoisotopic (exact) mass is 626 g/mol. The van der Waals surface area contributed by atoms with E-state index in [1.165, 1.54) is 0 Å². The molecule has 2 unspecified atom stereocenters. The highest BCUT2D eigenvalue weighted by Gasteiger charge is 2.41. The molecule has 0 saturated heterocycles. The summed E-state index contributed by atoms with van der Waals surface area (Å²) in [6.07, 6.45) is -18.9. The number of amides is 2. The number of allylic oxidation sites excluding steroid dienone is 1. The molecular formula is C24H18Cl2F10N2O2. The van der Waals surface area contributed by atoms with E-state index < -0.39 is 83.3 Å². The van der Waals surface area contributed by atoms with Crippen LogP contribution >= 0.6 is 23.2 Å². The van der Waals surface area contributed by atoms with E-state index in [1.807, 2.05) is 10.6 Å². The van der Waals surface area contributed by atoms with Crippen molar-refractivity contribution in [3.05, 3.63) is 74.8 Å². The summed E-state index contributed by atoms with van der Waals surface area (Å²) in [6.45, 7) is 1.06. The predicted molar refractivity (Wildman–Crippen MR) is 126 cm³/mol. The first kappa shape index (κ1) is 33.2. The van der Waals surface area contributed by atoms with Gasteiger partial charge in [0.1, 0.15) is 11.7 Å². The maximum atomic E-state index is 14.9. The Morgan fingerprint density at radius 3 is 1.98 bits per heavy atom. The molecule has 2 aromatic rings. The lowest BCUT2D eigenvalue weighted by atomic mass is 9.95. The van der Waals surface area contributed by atoms with Crippen molar-refractivity contribution in [2.24, 2.45) is 0 Å². The van der Waals surface area contributed by atoms with Crippen molar-refractivity contribution < 1.29 is 53.5 Å². The average Bonchev–Trinajstić information content (AvgIpc) is 2.78. The highest BCUT2D eigenvalue weighted by Crippen LogP contribution is 2.41.